The van der Waals surface area contributed by atoms with Crippen LogP contribution in [0, 0.1) is 0 Å². The maximum Gasteiger partial charge on any atom is 0.235 e. The number of amides is 1. The van der Waals surface area contributed by atoms with E-state index in [9.17, 15) is 4.79 Å². The van der Waals surface area contributed by atoms with Gasteiger partial charge >= 0.3 is 0 Å². The largest absolute Gasteiger partial charge is 0.493 e. The van der Waals surface area contributed by atoms with E-state index in [1.165, 1.54) is 5.56 Å². The van der Waals surface area contributed by atoms with Crippen molar-refractivity contribution < 1.29 is 14.3 Å². The Labute approximate surface area is 203 Å². The number of methoxy groups -OCH3 is 2. The van der Waals surface area contributed by atoms with Gasteiger partial charge in [0.25, 0.3) is 0 Å². The van der Waals surface area contributed by atoms with Crippen molar-refractivity contribution in [2.45, 2.75) is 31.6 Å². The third-order valence-corrected chi connectivity index (χ3v) is 6.67. The van der Waals surface area contributed by atoms with Gasteiger partial charge in [-0.2, -0.15) is 0 Å². The van der Waals surface area contributed by atoms with Gasteiger partial charge in [-0.15, -0.1) is 5.10 Å². The Hall–Kier alpha value is -4.20. The van der Waals surface area contributed by atoms with E-state index in [1.807, 2.05) is 36.4 Å². The fourth-order valence-corrected chi connectivity index (χ4v) is 4.43. The van der Waals surface area contributed by atoms with Crippen LogP contribution in [0.15, 0.2) is 60.7 Å². The number of rotatable bonds is 8. The summed E-state index contributed by atoms with van der Waals surface area (Å²) in [6, 6.07) is 19.8. The lowest BCUT2D eigenvalue weighted by Gasteiger charge is -2.18. The smallest absolute Gasteiger partial charge is 0.235 e. The number of anilines is 1. The molecule has 0 aliphatic heterocycles. The van der Waals surface area contributed by atoms with Crippen LogP contribution in [0.25, 0.3) is 22.5 Å². The average Bonchev–Trinajstić information content (AvgIpc) is 3.54. The molecule has 1 aliphatic rings. The molecule has 8 heteroatoms. The van der Waals surface area contributed by atoms with Crippen LogP contribution in [0.5, 0.6) is 11.5 Å². The van der Waals surface area contributed by atoms with Crippen molar-refractivity contribution in [2.75, 3.05) is 19.5 Å². The van der Waals surface area contributed by atoms with Crippen molar-refractivity contribution >= 4 is 11.6 Å². The molecule has 0 saturated heterocycles. The summed E-state index contributed by atoms with van der Waals surface area (Å²) >= 11 is 0. The second-order valence-corrected chi connectivity index (χ2v) is 8.67. The maximum atomic E-state index is 13.4. The second kappa shape index (κ2) is 9.21. The number of ether oxygens (including phenoxy) is 2. The number of aryl methyl sites for hydroxylation is 1. The molecule has 0 bridgehead atoms. The van der Waals surface area contributed by atoms with Crippen LogP contribution in [-0.2, 0) is 16.6 Å². The van der Waals surface area contributed by atoms with Crippen LogP contribution >= 0.6 is 0 Å². The molecular weight excluding hydrogens is 442 g/mol. The average molecular weight is 470 g/mol. The van der Waals surface area contributed by atoms with Crippen molar-refractivity contribution in [3.8, 4) is 34.0 Å². The zero-order chi connectivity index (χ0) is 24.4. The number of H-pyrrole nitrogens is 1. The summed E-state index contributed by atoms with van der Waals surface area (Å²) in [6.07, 6.45) is 2.66. The molecule has 178 valence electrons. The van der Waals surface area contributed by atoms with Gasteiger partial charge in [-0.05, 0) is 76.2 Å². The highest BCUT2D eigenvalue weighted by Gasteiger charge is 2.51. The summed E-state index contributed by atoms with van der Waals surface area (Å²) in [5, 5.41) is 17.5. The number of nitrogens with zero attached hydrogens (tertiary/aromatic N) is 3. The molecule has 4 aromatic rings. The molecule has 0 radical (unpaired) electrons. The Morgan fingerprint density at radius 2 is 1.74 bits per heavy atom. The molecule has 35 heavy (non-hydrogen) atoms. The van der Waals surface area contributed by atoms with Gasteiger partial charge < -0.3 is 14.8 Å². The molecule has 5 rings (SSSR count). The van der Waals surface area contributed by atoms with E-state index in [0.717, 1.165) is 41.5 Å². The Kier molecular flexibility index (Phi) is 5.94. The first-order chi connectivity index (χ1) is 17.1. The van der Waals surface area contributed by atoms with Crippen molar-refractivity contribution in [1.29, 1.82) is 0 Å². The highest BCUT2D eigenvalue weighted by Crippen LogP contribution is 2.49. The van der Waals surface area contributed by atoms with Gasteiger partial charge in [0.1, 0.15) is 0 Å². The van der Waals surface area contributed by atoms with E-state index in [2.05, 4.69) is 57.1 Å². The highest BCUT2D eigenvalue weighted by atomic mass is 16.5. The number of hydrogen-bond acceptors (Lipinski definition) is 6. The fourth-order valence-electron chi connectivity index (χ4n) is 4.43. The van der Waals surface area contributed by atoms with E-state index in [4.69, 9.17) is 9.47 Å². The first-order valence-corrected chi connectivity index (χ1v) is 11.6. The normalized spacial score (nSPS) is 13.8. The van der Waals surface area contributed by atoms with Gasteiger partial charge in [0, 0.05) is 11.3 Å². The van der Waals surface area contributed by atoms with E-state index < -0.39 is 5.41 Å². The van der Waals surface area contributed by atoms with E-state index in [1.54, 1.807) is 14.2 Å². The van der Waals surface area contributed by atoms with E-state index in [0.29, 0.717) is 23.0 Å². The Morgan fingerprint density at radius 1 is 0.971 bits per heavy atom. The molecule has 1 aromatic heterocycles. The molecule has 0 unspecified atom stereocenters. The zero-order valence-electron chi connectivity index (χ0n) is 20.0. The molecule has 1 amide bonds. The van der Waals surface area contributed by atoms with Crippen molar-refractivity contribution in [2.24, 2.45) is 0 Å². The van der Waals surface area contributed by atoms with Gasteiger partial charge in [-0.3, -0.25) is 4.79 Å². The number of nitrogens with one attached hydrogen (secondary N) is 2. The minimum atomic E-state index is -0.470. The molecule has 2 N–H and O–H groups in total. The summed E-state index contributed by atoms with van der Waals surface area (Å²) in [5.41, 5.74) is 5.09. The Bertz CT molecular complexity index is 1350. The first-order valence-electron chi connectivity index (χ1n) is 11.6. The van der Waals surface area contributed by atoms with Crippen LogP contribution < -0.4 is 14.8 Å². The van der Waals surface area contributed by atoms with Gasteiger partial charge in [0.15, 0.2) is 17.3 Å². The van der Waals surface area contributed by atoms with Gasteiger partial charge in [0.05, 0.1) is 19.6 Å². The number of tetrazole rings is 1. The third-order valence-electron chi connectivity index (χ3n) is 6.67. The summed E-state index contributed by atoms with van der Waals surface area (Å²) in [6.45, 7) is 2.13. The quantitative estimate of drug-likeness (QED) is 0.385. The number of benzene rings is 3. The summed E-state index contributed by atoms with van der Waals surface area (Å²) in [5.74, 6) is 1.77. The number of carbonyl (C=O) groups excluding carboxylic acids is 1. The maximum absolute atomic E-state index is 13.4. The van der Waals surface area contributed by atoms with Crippen molar-refractivity contribution in [1.82, 2.24) is 20.6 Å². The van der Waals surface area contributed by atoms with Gasteiger partial charge in [-0.25, -0.2) is 5.10 Å². The zero-order valence-corrected chi connectivity index (χ0v) is 20.0. The lowest BCUT2D eigenvalue weighted by atomic mass is 9.93. The van der Waals surface area contributed by atoms with Crippen LogP contribution in [0.1, 0.15) is 30.9 Å². The van der Waals surface area contributed by atoms with Crippen molar-refractivity contribution in [3.63, 3.8) is 0 Å². The molecule has 3 aromatic carbocycles. The Balaban J connectivity index is 1.47. The van der Waals surface area contributed by atoms with Gasteiger partial charge in [-0.1, -0.05) is 43.3 Å². The number of aromatic nitrogens is 4. The number of aromatic amines is 1. The Morgan fingerprint density at radius 3 is 2.37 bits per heavy atom. The van der Waals surface area contributed by atoms with Crippen molar-refractivity contribution in [3.05, 3.63) is 71.8 Å². The molecule has 1 fully saturated rings. The number of carbonyl (C=O) groups is 1. The highest BCUT2D eigenvalue weighted by molar-refractivity contribution is 6.02. The van der Waals surface area contributed by atoms with Crippen LogP contribution in [0.4, 0.5) is 5.69 Å². The standard InChI is InChI=1S/C27H27N5O3/c1-4-17-5-8-19(9-6-17)27(13-14-27)26(33)28-20-10-11-21(22(16-20)25-29-31-32-30-25)18-7-12-23(34-2)24(15-18)35-3/h5-12,15-16H,4,13-14H2,1-3H3,(H,28,33)(H,29,30,31,32). The predicted octanol–water partition coefficient (Wildman–Crippen LogP) is 4.78. The minimum absolute atomic E-state index is 0.00209. The van der Waals surface area contributed by atoms with E-state index >= 15 is 0 Å². The summed E-state index contributed by atoms with van der Waals surface area (Å²) in [4.78, 5) is 13.4. The molecule has 1 saturated carbocycles. The second-order valence-electron chi connectivity index (χ2n) is 8.67. The third kappa shape index (κ3) is 4.23. The molecule has 1 aliphatic carbocycles. The minimum Gasteiger partial charge on any atom is -0.493 e. The van der Waals surface area contributed by atoms with Crippen LogP contribution in [0.2, 0.25) is 0 Å². The molecule has 8 nitrogen and oxygen atoms in total. The lowest BCUT2D eigenvalue weighted by molar-refractivity contribution is -0.118. The van der Waals surface area contributed by atoms with Crippen LogP contribution in [-0.4, -0.2) is 40.8 Å². The molecule has 1 heterocycles. The number of hydrogen-bond donors (Lipinski definition) is 2. The fraction of sp³-hybridized carbons (Fsp3) is 0.259. The topological polar surface area (TPSA) is 102 Å². The SMILES string of the molecule is CCc1ccc(C2(C(=O)Nc3ccc(-c4ccc(OC)c(OC)c4)c(-c4nnn[nH]4)c3)CC2)cc1. The molecular formula is C27H27N5O3. The van der Waals surface area contributed by atoms with Crippen LogP contribution in [0.3, 0.4) is 0 Å². The summed E-state index contributed by atoms with van der Waals surface area (Å²) < 4.78 is 10.8. The first kappa shape index (κ1) is 22.6. The van der Waals surface area contributed by atoms with E-state index in [-0.39, 0.29) is 5.91 Å². The monoisotopic (exact) mass is 469 g/mol. The predicted molar refractivity (Wildman–Crippen MR) is 134 cm³/mol. The lowest BCUT2D eigenvalue weighted by Crippen LogP contribution is -2.27. The van der Waals surface area contributed by atoms with Gasteiger partial charge in [0.2, 0.25) is 5.91 Å². The molecule has 0 atom stereocenters. The summed E-state index contributed by atoms with van der Waals surface area (Å²) in [7, 11) is 3.20. The molecule has 0 spiro atoms.